The Hall–Kier alpha value is -0.610. The molecular formula is C7H10O3S. The van der Waals surface area contributed by atoms with Crippen molar-refractivity contribution in [2.24, 2.45) is 0 Å². The fourth-order valence-corrected chi connectivity index (χ4v) is 1.55. The zero-order valence-corrected chi connectivity index (χ0v) is 7.00. The van der Waals surface area contributed by atoms with Crippen LogP contribution in [0.3, 0.4) is 0 Å². The maximum Gasteiger partial charge on any atom is 0.271 e. The lowest BCUT2D eigenvalue weighted by Gasteiger charge is -2.10. The quantitative estimate of drug-likeness (QED) is 0.607. The first-order valence-corrected chi connectivity index (χ1v) is 4.82. The topological polar surface area (TPSA) is 54.4 Å². The molecule has 0 spiro atoms. The van der Waals surface area contributed by atoms with Crippen LogP contribution in [-0.2, 0) is 10.1 Å². The van der Waals surface area contributed by atoms with Gasteiger partial charge in [0.25, 0.3) is 10.1 Å². The van der Waals surface area contributed by atoms with Gasteiger partial charge in [0.2, 0.25) is 0 Å². The van der Waals surface area contributed by atoms with Gasteiger partial charge in [0.1, 0.15) is 5.25 Å². The molecule has 0 aromatic carbocycles. The first-order chi connectivity index (χ1) is 5.00. The van der Waals surface area contributed by atoms with Crippen LogP contribution >= 0.6 is 0 Å². The fraction of sp³-hybridized carbons (Fsp3) is 0.429. The van der Waals surface area contributed by atoms with Crippen molar-refractivity contribution < 1.29 is 13.0 Å². The Balaban J connectivity index is 2.79. The van der Waals surface area contributed by atoms with Crippen LogP contribution in [0.1, 0.15) is 13.3 Å². The van der Waals surface area contributed by atoms with Crippen LogP contribution in [0.25, 0.3) is 0 Å². The molecule has 0 aromatic rings. The van der Waals surface area contributed by atoms with Gasteiger partial charge in [-0.3, -0.25) is 4.55 Å². The summed E-state index contributed by atoms with van der Waals surface area (Å²) in [6.45, 7) is 1.89. The number of hydrogen-bond acceptors (Lipinski definition) is 2. The minimum Gasteiger partial charge on any atom is -0.285 e. The van der Waals surface area contributed by atoms with Crippen LogP contribution in [-0.4, -0.2) is 18.2 Å². The monoisotopic (exact) mass is 174 g/mol. The summed E-state index contributed by atoms with van der Waals surface area (Å²) in [7, 11) is -3.88. The molecule has 1 aliphatic rings. The van der Waals surface area contributed by atoms with Crippen molar-refractivity contribution in [1.82, 2.24) is 0 Å². The predicted molar refractivity (Wildman–Crippen MR) is 42.9 cm³/mol. The SMILES string of the molecule is CC1=CC[C@H](S(=O)(=O)O)C=C1. The molecule has 0 bridgehead atoms. The maximum absolute atomic E-state index is 10.6. The van der Waals surface area contributed by atoms with Crippen LogP contribution in [0.5, 0.6) is 0 Å². The normalized spacial score (nSPS) is 24.9. The summed E-state index contributed by atoms with van der Waals surface area (Å²) in [6.07, 6.45) is 5.37. The average molecular weight is 174 g/mol. The molecule has 0 unspecified atom stereocenters. The van der Waals surface area contributed by atoms with E-state index in [9.17, 15) is 8.42 Å². The lowest BCUT2D eigenvalue weighted by molar-refractivity contribution is 0.474. The van der Waals surface area contributed by atoms with Crippen molar-refractivity contribution in [3.63, 3.8) is 0 Å². The first-order valence-electron chi connectivity index (χ1n) is 3.31. The van der Waals surface area contributed by atoms with Crippen molar-refractivity contribution in [2.75, 3.05) is 0 Å². The molecule has 62 valence electrons. The maximum atomic E-state index is 10.6. The van der Waals surface area contributed by atoms with Gasteiger partial charge < -0.3 is 0 Å². The zero-order chi connectivity index (χ0) is 8.48. The molecule has 0 radical (unpaired) electrons. The van der Waals surface area contributed by atoms with E-state index >= 15 is 0 Å². The highest BCUT2D eigenvalue weighted by atomic mass is 32.2. The van der Waals surface area contributed by atoms with Crippen LogP contribution < -0.4 is 0 Å². The summed E-state index contributed by atoms with van der Waals surface area (Å²) in [6, 6.07) is 0. The Morgan fingerprint density at radius 1 is 1.64 bits per heavy atom. The molecule has 1 atom stereocenters. The van der Waals surface area contributed by atoms with Gasteiger partial charge in [-0.2, -0.15) is 8.42 Å². The van der Waals surface area contributed by atoms with Crippen LogP contribution in [0.15, 0.2) is 23.8 Å². The van der Waals surface area contributed by atoms with Crippen molar-refractivity contribution >= 4 is 10.1 Å². The second kappa shape index (κ2) is 2.79. The third-order valence-electron chi connectivity index (χ3n) is 1.63. The van der Waals surface area contributed by atoms with Gasteiger partial charge in [-0.1, -0.05) is 23.8 Å². The van der Waals surface area contributed by atoms with Gasteiger partial charge >= 0.3 is 0 Å². The summed E-state index contributed by atoms with van der Waals surface area (Å²) in [5.41, 5.74) is 1.03. The minimum absolute atomic E-state index is 0.376. The molecule has 0 amide bonds. The fourth-order valence-electron chi connectivity index (χ4n) is 0.929. The highest BCUT2D eigenvalue weighted by Crippen LogP contribution is 2.15. The van der Waals surface area contributed by atoms with Gasteiger partial charge in [0.15, 0.2) is 0 Å². The lowest BCUT2D eigenvalue weighted by Crippen LogP contribution is -2.18. The van der Waals surface area contributed by atoms with E-state index < -0.39 is 15.4 Å². The molecule has 0 saturated carbocycles. The summed E-state index contributed by atoms with van der Waals surface area (Å²) < 4.78 is 29.8. The predicted octanol–water partition coefficient (Wildman–Crippen LogP) is 1.15. The van der Waals surface area contributed by atoms with Gasteiger partial charge in [-0.05, 0) is 13.3 Å². The summed E-state index contributed by atoms with van der Waals surface area (Å²) in [5.74, 6) is 0. The van der Waals surface area contributed by atoms with E-state index in [4.69, 9.17) is 4.55 Å². The molecule has 11 heavy (non-hydrogen) atoms. The largest absolute Gasteiger partial charge is 0.285 e. The van der Waals surface area contributed by atoms with Gasteiger partial charge in [-0.15, -0.1) is 0 Å². The second-order valence-corrected chi connectivity index (χ2v) is 4.23. The number of rotatable bonds is 1. The number of hydrogen-bond donors (Lipinski definition) is 1. The van der Waals surface area contributed by atoms with Crippen LogP contribution in [0, 0.1) is 0 Å². The molecule has 4 heteroatoms. The Morgan fingerprint density at radius 3 is 2.64 bits per heavy atom. The van der Waals surface area contributed by atoms with Gasteiger partial charge in [0.05, 0.1) is 0 Å². The van der Waals surface area contributed by atoms with Crippen molar-refractivity contribution in [3.8, 4) is 0 Å². The molecule has 3 nitrogen and oxygen atoms in total. The van der Waals surface area contributed by atoms with Crippen molar-refractivity contribution in [3.05, 3.63) is 23.8 Å². The molecule has 0 fully saturated rings. The summed E-state index contributed by atoms with van der Waals surface area (Å²) in [4.78, 5) is 0. The molecule has 0 aromatic heterocycles. The molecule has 1 aliphatic carbocycles. The molecule has 1 N–H and O–H groups in total. The van der Waals surface area contributed by atoms with E-state index in [0.717, 1.165) is 5.57 Å². The lowest BCUT2D eigenvalue weighted by atomic mass is 10.1. The summed E-state index contributed by atoms with van der Waals surface area (Å²) in [5, 5.41) is -0.744. The molecule has 0 aliphatic heterocycles. The van der Waals surface area contributed by atoms with Crippen molar-refractivity contribution in [1.29, 1.82) is 0 Å². The third kappa shape index (κ3) is 2.17. The van der Waals surface area contributed by atoms with Crippen LogP contribution in [0.4, 0.5) is 0 Å². The zero-order valence-electron chi connectivity index (χ0n) is 6.19. The first kappa shape index (κ1) is 8.49. The second-order valence-electron chi connectivity index (χ2n) is 2.60. The van der Waals surface area contributed by atoms with E-state index in [1.807, 2.05) is 6.92 Å². The number of allylic oxidation sites excluding steroid dienone is 3. The van der Waals surface area contributed by atoms with Crippen LogP contribution in [0.2, 0.25) is 0 Å². The molecule has 1 rings (SSSR count). The van der Waals surface area contributed by atoms with Gasteiger partial charge in [0, 0.05) is 0 Å². The smallest absolute Gasteiger partial charge is 0.271 e. The average Bonchev–Trinajstić information content (AvgIpc) is 1.86. The van der Waals surface area contributed by atoms with E-state index in [2.05, 4.69) is 0 Å². The molecule has 0 heterocycles. The highest BCUT2D eigenvalue weighted by molar-refractivity contribution is 7.86. The van der Waals surface area contributed by atoms with E-state index in [1.165, 1.54) is 6.08 Å². The van der Waals surface area contributed by atoms with E-state index in [0.29, 0.717) is 6.42 Å². The Labute approximate surface area is 66.2 Å². The summed E-state index contributed by atoms with van der Waals surface area (Å²) >= 11 is 0. The Morgan fingerprint density at radius 2 is 2.27 bits per heavy atom. The van der Waals surface area contributed by atoms with E-state index in [1.54, 1.807) is 12.2 Å². The third-order valence-corrected chi connectivity index (χ3v) is 2.74. The van der Waals surface area contributed by atoms with Crippen molar-refractivity contribution in [2.45, 2.75) is 18.6 Å². The Bertz CT molecular complexity index is 298. The molecular weight excluding hydrogens is 164 g/mol. The highest BCUT2D eigenvalue weighted by Gasteiger charge is 2.19. The van der Waals surface area contributed by atoms with Gasteiger partial charge in [-0.25, -0.2) is 0 Å². The Kier molecular flexibility index (Phi) is 2.15. The molecule has 0 saturated heterocycles. The van der Waals surface area contributed by atoms with E-state index in [-0.39, 0.29) is 0 Å². The standard InChI is InChI=1S/C7H10O3S/c1-6-2-4-7(5-3-6)11(8,9)10/h2-4,7H,5H2,1H3,(H,8,9,10)/t7-/m1/s1. The minimum atomic E-state index is -3.88.